The predicted octanol–water partition coefficient (Wildman–Crippen LogP) is 2.20. The van der Waals surface area contributed by atoms with E-state index in [1.165, 1.54) is 0 Å². The van der Waals surface area contributed by atoms with Crippen molar-refractivity contribution in [2.24, 2.45) is 5.92 Å². The van der Waals surface area contributed by atoms with Gasteiger partial charge in [0, 0.05) is 36.6 Å². The number of hydrogen-bond acceptors (Lipinski definition) is 3. The molecule has 0 bridgehead atoms. The summed E-state index contributed by atoms with van der Waals surface area (Å²) in [7, 11) is 0. The lowest BCUT2D eigenvalue weighted by molar-refractivity contribution is -0.144. The number of carbonyl (C=O) groups excluding carboxylic acids is 2. The summed E-state index contributed by atoms with van der Waals surface area (Å²) >= 11 is 0. The van der Waals surface area contributed by atoms with E-state index in [1.54, 1.807) is 0 Å². The number of halogens is 3. The molecule has 7 heteroatoms. The molecule has 0 aromatic heterocycles. The first-order valence-corrected chi connectivity index (χ1v) is 7.52. The third-order valence-corrected chi connectivity index (χ3v) is 4.13. The topological polar surface area (TPSA) is 46.6 Å². The average Bonchev–Trinajstić information content (AvgIpc) is 3.26. The van der Waals surface area contributed by atoms with E-state index in [0.717, 1.165) is 12.8 Å². The van der Waals surface area contributed by atoms with Crippen LogP contribution in [0.25, 0.3) is 0 Å². The molecule has 1 aromatic carbocycles. The number of amides is 1. The van der Waals surface area contributed by atoms with Crippen LogP contribution in [-0.2, 0) is 20.7 Å². The molecule has 0 unspecified atom stereocenters. The molecule has 1 saturated heterocycles. The number of esters is 1. The quantitative estimate of drug-likeness (QED) is 0.615. The minimum atomic E-state index is -1.30. The lowest BCUT2D eigenvalue weighted by Gasteiger charge is -2.15. The monoisotopic (exact) mass is 327 g/mol. The van der Waals surface area contributed by atoms with Gasteiger partial charge in [0.25, 0.3) is 0 Å². The Bertz CT molecular complexity index is 646. The van der Waals surface area contributed by atoms with E-state index in [9.17, 15) is 22.8 Å². The highest BCUT2D eigenvalue weighted by Crippen LogP contribution is 2.32. The second-order valence-electron chi connectivity index (χ2n) is 6.06. The molecule has 23 heavy (non-hydrogen) atoms. The fourth-order valence-electron chi connectivity index (χ4n) is 2.78. The lowest BCUT2D eigenvalue weighted by atomic mass is 10.1. The second-order valence-corrected chi connectivity index (χ2v) is 6.06. The van der Waals surface area contributed by atoms with Gasteiger partial charge in [-0.2, -0.15) is 0 Å². The number of benzene rings is 1. The second kappa shape index (κ2) is 6.22. The number of nitrogens with zero attached hydrogens (tertiary/aromatic N) is 1. The molecule has 2 fully saturated rings. The van der Waals surface area contributed by atoms with Gasteiger partial charge < -0.3 is 9.64 Å². The van der Waals surface area contributed by atoms with Crippen LogP contribution in [-0.4, -0.2) is 36.0 Å². The Balaban J connectivity index is 1.50. The molecule has 0 radical (unpaired) electrons. The maximum absolute atomic E-state index is 13.5. The first kappa shape index (κ1) is 15.8. The van der Waals surface area contributed by atoms with Crippen LogP contribution in [0, 0.1) is 23.4 Å². The zero-order valence-corrected chi connectivity index (χ0v) is 12.4. The van der Waals surface area contributed by atoms with E-state index < -0.39 is 29.8 Å². The fourth-order valence-corrected chi connectivity index (χ4v) is 2.78. The standard InChI is InChI=1S/C16H16F3NO3/c17-12-6-14(19)13(18)4-10(12)5-16(22)23-8-9-3-15(21)20(7-9)11-1-2-11/h4,6,9,11H,1-3,5,7-8H2/t9-/m0/s1. The zero-order valence-electron chi connectivity index (χ0n) is 12.4. The van der Waals surface area contributed by atoms with Crippen molar-refractivity contribution in [1.82, 2.24) is 4.90 Å². The average molecular weight is 327 g/mol. The summed E-state index contributed by atoms with van der Waals surface area (Å²) in [6.45, 7) is 0.634. The number of rotatable bonds is 5. The van der Waals surface area contributed by atoms with Gasteiger partial charge in [-0.05, 0) is 18.9 Å². The highest BCUT2D eigenvalue weighted by molar-refractivity contribution is 5.79. The zero-order chi connectivity index (χ0) is 16.6. The third kappa shape index (κ3) is 3.65. The minimum absolute atomic E-state index is 0.0677. The molecule has 124 valence electrons. The predicted molar refractivity (Wildman–Crippen MR) is 73.8 cm³/mol. The first-order chi connectivity index (χ1) is 10.9. The van der Waals surface area contributed by atoms with Crippen molar-refractivity contribution in [2.75, 3.05) is 13.2 Å². The molecular formula is C16H16F3NO3. The molecule has 1 heterocycles. The van der Waals surface area contributed by atoms with Crippen LogP contribution in [0.15, 0.2) is 12.1 Å². The SMILES string of the molecule is O=C(Cc1cc(F)c(F)cc1F)OC[C@H]1CC(=O)N(C2CC2)C1. The van der Waals surface area contributed by atoms with Gasteiger partial charge >= 0.3 is 5.97 Å². The normalized spacial score (nSPS) is 20.9. The molecule has 1 saturated carbocycles. The van der Waals surface area contributed by atoms with E-state index in [0.29, 0.717) is 31.1 Å². The summed E-state index contributed by atoms with van der Waals surface area (Å²) in [5.74, 6) is -4.23. The molecule has 1 atom stereocenters. The Labute approximate surface area is 131 Å². The van der Waals surface area contributed by atoms with Gasteiger partial charge in [0.15, 0.2) is 11.6 Å². The molecule has 1 amide bonds. The third-order valence-electron chi connectivity index (χ3n) is 4.13. The Morgan fingerprint density at radius 1 is 1.17 bits per heavy atom. The first-order valence-electron chi connectivity index (χ1n) is 7.52. The summed E-state index contributed by atoms with van der Waals surface area (Å²) in [5, 5.41) is 0. The van der Waals surface area contributed by atoms with E-state index in [-0.39, 0.29) is 24.0 Å². The van der Waals surface area contributed by atoms with Crippen LogP contribution in [0.2, 0.25) is 0 Å². The van der Waals surface area contributed by atoms with Gasteiger partial charge in [-0.15, -0.1) is 0 Å². The molecule has 1 aliphatic carbocycles. The lowest BCUT2D eigenvalue weighted by Crippen LogP contribution is -2.28. The smallest absolute Gasteiger partial charge is 0.310 e. The maximum Gasteiger partial charge on any atom is 0.310 e. The van der Waals surface area contributed by atoms with Crippen molar-refractivity contribution < 1.29 is 27.5 Å². The summed E-state index contributed by atoms with van der Waals surface area (Å²) in [4.78, 5) is 25.3. The van der Waals surface area contributed by atoms with E-state index >= 15 is 0 Å². The van der Waals surface area contributed by atoms with Crippen LogP contribution >= 0.6 is 0 Å². The number of carbonyl (C=O) groups is 2. The van der Waals surface area contributed by atoms with Crippen LogP contribution < -0.4 is 0 Å². The summed E-state index contributed by atoms with van der Waals surface area (Å²) < 4.78 is 44.4. The Morgan fingerprint density at radius 2 is 1.87 bits per heavy atom. The molecule has 2 aliphatic rings. The molecular weight excluding hydrogens is 311 g/mol. The van der Waals surface area contributed by atoms with Crippen LogP contribution in [0.3, 0.4) is 0 Å². The van der Waals surface area contributed by atoms with Gasteiger partial charge in [-0.25, -0.2) is 13.2 Å². The van der Waals surface area contributed by atoms with Crippen LogP contribution in [0.4, 0.5) is 13.2 Å². The van der Waals surface area contributed by atoms with E-state index in [4.69, 9.17) is 4.74 Å². The summed E-state index contributed by atoms with van der Waals surface area (Å²) in [6.07, 6.45) is 1.90. The molecule has 0 spiro atoms. The van der Waals surface area contributed by atoms with E-state index in [2.05, 4.69) is 0 Å². The van der Waals surface area contributed by atoms with Crippen molar-refractivity contribution in [3.8, 4) is 0 Å². The van der Waals surface area contributed by atoms with Gasteiger partial charge in [0.05, 0.1) is 13.0 Å². The largest absolute Gasteiger partial charge is 0.465 e. The Kier molecular flexibility index (Phi) is 4.28. The summed E-state index contributed by atoms with van der Waals surface area (Å²) in [5.41, 5.74) is -0.254. The maximum atomic E-state index is 13.5. The van der Waals surface area contributed by atoms with Crippen LogP contribution in [0.5, 0.6) is 0 Å². The summed E-state index contributed by atoms with van der Waals surface area (Å²) in [6, 6.07) is 1.39. The molecule has 3 rings (SSSR count). The number of hydrogen-bond donors (Lipinski definition) is 0. The molecule has 1 aromatic rings. The van der Waals surface area contributed by atoms with Gasteiger partial charge in [-0.1, -0.05) is 0 Å². The highest BCUT2D eigenvalue weighted by atomic mass is 19.2. The highest BCUT2D eigenvalue weighted by Gasteiger charge is 2.39. The van der Waals surface area contributed by atoms with Gasteiger partial charge in [0.1, 0.15) is 5.82 Å². The van der Waals surface area contributed by atoms with E-state index in [1.807, 2.05) is 4.90 Å². The minimum Gasteiger partial charge on any atom is -0.465 e. The van der Waals surface area contributed by atoms with Crippen LogP contribution in [0.1, 0.15) is 24.8 Å². The molecule has 1 aliphatic heterocycles. The van der Waals surface area contributed by atoms with Gasteiger partial charge in [0.2, 0.25) is 5.91 Å². The Morgan fingerprint density at radius 3 is 2.57 bits per heavy atom. The molecule has 0 N–H and O–H groups in total. The van der Waals surface area contributed by atoms with Crippen molar-refractivity contribution in [3.63, 3.8) is 0 Å². The number of likely N-dealkylation sites (tertiary alicyclic amines) is 1. The number of ether oxygens (including phenoxy) is 1. The molecule has 4 nitrogen and oxygen atoms in total. The fraction of sp³-hybridized carbons (Fsp3) is 0.500. The van der Waals surface area contributed by atoms with Crippen molar-refractivity contribution in [1.29, 1.82) is 0 Å². The Hall–Kier alpha value is -2.05. The van der Waals surface area contributed by atoms with Crippen molar-refractivity contribution >= 4 is 11.9 Å². The van der Waals surface area contributed by atoms with Crippen molar-refractivity contribution in [3.05, 3.63) is 35.1 Å². The van der Waals surface area contributed by atoms with Gasteiger partial charge in [-0.3, -0.25) is 9.59 Å². The van der Waals surface area contributed by atoms with Crippen molar-refractivity contribution in [2.45, 2.75) is 31.7 Å².